The number of nitrogens with zero attached hydrogens (tertiary/aromatic N) is 5. The van der Waals surface area contributed by atoms with Crippen molar-refractivity contribution in [2.75, 3.05) is 40.3 Å². The van der Waals surface area contributed by atoms with E-state index in [4.69, 9.17) is 0 Å². The van der Waals surface area contributed by atoms with Gasteiger partial charge in [0, 0.05) is 55.4 Å². The predicted molar refractivity (Wildman–Crippen MR) is 106 cm³/mol. The summed E-state index contributed by atoms with van der Waals surface area (Å²) in [5, 5.41) is 11.5. The smallest absolute Gasteiger partial charge is 0.289 e. The van der Waals surface area contributed by atoms with Gasteiger partial charge in [0.1, 0.15) is 5.82 Å². The van der Waals surface area contributed by atoms with E-state index in [1.54, 1.807) is 0 Å². The Labute approximate surface area is 164 Å². The summed E-state index contributed by atoms with van der Waals surface area (Å²) in [6.45, 7) is 7.67. The van der Waals surface area contributed by atoms with Crippen molar-refractivity contribution in [3.63, 3.8) is 0 Å². The van der Waals surface area contributed by atoms with Crippen molar-refractivity contribution in [3.8, 4) is 0 Å². The highest BCUT2D eigenvalue weighted by Crippen LogP contribution is 2.33. The topological polar surface area (TPSA) is 66.3 Å². The Balaban J connectivity index is 1.39. The molecule has 0 aromatic carbocycles. The van der Waals surface area contributed by atoms with Gasteiger partial charge in [-0.25, -0.2) is 0 Å². The number of fused-ring (bicyclic) bond motifs is 2. The van der Waals surface area contributed by atoms with Crippen LogP contribution in [0.1, 0.15) is 26.2 Å². The zero-order valence-corrected chi connectivity index (χ0v) is 17.1. The second-order valence-electron chi connectivity index (χ2n) is 8.04. The molecular formula is C19H28N6OS. The van der Waals surface area contributed by atoms with E-state index in [1.165, 1.54) is 9.75 Å². The Morgan fingerprint density at radius 3 is 2.81 bits per heavy atom. The monoisotopic (exact) mass is 388 g/mol. The number of hydrogen-bond acceptors (Lipinski definition) is 6. The lowest BCUT2D eigenvalue weighted by Gasteiger charge is -2.25. The number of carbonyl (C=O) groups is 1. The summed E-state index contributed by atoms with van der Waals surface area (Å²) >= 11 is 1.89. The Morgan fingerprint density at radius 1 is 1.26 bits per heavy atom. The number of aryl methyl sites for hydroxylation is 1. The summed E-state index contributed by atoms with van der Waals surface area (Å²) in [5.41, 5.74) is 0. The number of likely N-dealkylation sites (N-methyl/N-ethyl adjacent to an activating group) is 1. The molecule has 0 radical (unpaired) electrons. The second-order valence-corrected chi connectivity index (χ2v) is 9.41. The van der Waals surface area contributed by atoms with Crippen molar-refractivity contribution in [1.29, 1.82) is 0 Å². The summed E-state index contributed by atoms with van der Waals surface area (Å²) in [6.07, 6.45) is 0.919. The van der Waals surface area contributed by atoms with Gasteiger partial charge in [-0.3, -0.25) is 9.69 Å². The Morgan fingerprint density at radius 2 is 2.07 bits per heavy atom. The van der Waals surface area contributed by atoms with Gasteiger partial charge in [0.15, 0.2) is 0 Å². The highest BCUT2D eigenvalue weighted by Gasteiger charge is 2.39. The first kappa shape index (κ1) is 18.6. The Hall–Kier alpha value is -1.77. The molecule has 0 spiro atoms. The average Bonchev–Trinajstić information content (AvgIpc) is 3.30. The number of aromatic nitrogens is 3. The summed E-state index contributed by atoms with van der Waals surface area (Å²) < 4.78 is 2.05. The van der Waals surface area contributed by atoms with Crippen LogP contribution in [0.5, 0.6) is 0 Å². The van der Waals surface area contributed by atoms with E-state index in [2.05, 4.69) is 39.5 Å². The van der Waals surface area contributed by atoms with Gasteiger partial charge in [-0.15, -0.1) is 21.5 Å². The molecule has 1 fully saturated rings. The maximum absolute atomic E-state index is 12.5. The number of nitrogens with one attached hydrogen (secondary N) is 1. The molecule has 2 aromatic rings. The molecule has 1 amide bonds. The van der Waals surface area contributed by atoms with Gasteiger partial charge in [0.2, 0.25) is 5.82 Å². The molecule has 0 unspecified atom stereocenters. The largest absolute Gasteiger partial charge is 0.348 e. The van der Waals surface area contributed by atoms with Gasteiger partial charge in [-0.2, -0.15) is 0 Å². The van der Waals surface area contributed by atoms with Crippen LogP contribution in [-0.2, 0) is 19.5 Å². The fourth-order valence-corrected chi connectivity index (χ4v) is 5.11. The lowest BCUT2D eigenvalue weighted by molar-refractivity contribution is 0.0932. The zero-order valence-electron chi connectivity index (χ0n) is 16.3. The maximum atomic E-state index is 12.5. The van der Waals surface area contributed by atoms with E-state index in [9.17, 15) is 4.79 Å². The maximum Gasteiger partial charge on any atom is 0.289 e. The van der Waals surface area contributed by atoms with Gasteiger partial charge in [-0.1, -0.05) is 0 Å². The van der Waals surface area contributed by atoms with Gasteiger partial charge in [0.05, 0.1) is 0 Å². The third-order valence-corrected chi connectivity index (χ3v) is 6.55. The van der Waals surface area contributed by atoms with Crippen molar-refractivity contribution < 1.29 is 4.79 Å². The number of hydrogen-bond donors (Lipinski definition) is 1. The van der Waals surface area contributed by atoms with Crippen LogP contribution in [-0.4, -0.2) is 70.7 Å². The molecule has 0 aliphatic carbocycles. The molecule has 7 nitrogen and oxygen atoms in total. The number of likely N-dealkylation sites (tertiary alicyclic amines) is 1. The average molecular weight is 389 g/mol. The molecule has 2 atom stereocenters. The first-order valence-corrected chi connectivity index (χ1v) is 10.4. The van der Waals surface area contributed by atoms with Crippen LogP contribution in [0.25, 0.3) is 0 Å². The third kappa shape index (κ3) is 4.07. The van der Waals surface area contributed by atoms with Gasteiger partial charge >= 0.3 is 0 Å². The predicted octanol–water partition coefficient (Wildman–Crippen LogP) is 1.24. The number of thiophene rings is 1. The highest BCUT2D eigenvalue weighted by molar-refractivity contribution is 7.11. The minimum absolute atomic E-state index is 0.113. The van der Waals surface area contributed by atoms with Crippen LogP contribution in [0, 0.1) is 18.8 Å². The minimum Gasteiger partial charge on any atom is -0.348 e. The minimum atomic E-state index is -0.113. The van der Waals surface area contributed by atoms with Crippen LogP contribution in [0.15, 0.2) is 12.1 Å². The summed E-state index contributed by atoms with van der Waals surface area (Å²) in [5.74, 6) is 2.51. The van der Waals surface area contributed by atoms with Crippen molar-refractivity contribution in [3.05, 3.63) is 33.5 Å². The van der Waals surface area contributed by atoms with E-state index in [0.29, 0.717) is 24.2 Å². The third-order valence-electron chi connectivity index (χ3n) is 5.56. The van der Waals surface area contributed by atoms with Crippen LogP contribution >= 0.6 is 11.3 Å². The summed E-state index contributed by atoms with van der Waals surface area (Å²) in [7, 11) is 3.99. The standard InChI is InChI=1S/C19H28N6OS/c1-13-4-5-16(27-13)12-24-9-14-8-17-21-22-18(25(17)11-15(14)10-24)19(26)20-6-7-23(2)3/h4-5,14-15H,6-12H2,1-3H3,(H,20,26)/t14-,15+/m0/s1. The first-order valence-electron chi connectivity index (χ1n) is 9.62. The molecule has 2 aliphatic rings. The lowest BCUT2D eigenvalue weighted by Crippen LogP contribution is -2.35. The molecule has 4 rings (SSSR count). The number of rotatable bonds is 6. The Kier molecular flexibility index (Phi) is 5.29. The van der Waals surface area contributed by atoms with E-state index in [1.807, 2.05) is 34.9 Å². The van der Waals surface area contributed by atoms with E-state index < -0.39 is 0 Å². The normalized spacial score (nSPS) is 22.1. The molecule has 0 saturated carbocycles. The molecule has 2 aliphatic heterocycles. The van der Waals surface area contributed by atoms with Crippen molar-refractivity contribution >= 4 is 17.2 Å². The first-order chi connectivity index (χ1) is 13.0. The molecule has 146 valence electrons. The Bertz CT molecular complexity index is 813. The number of amides is 1. The second kappa shape index (κ2) is 7.69. The molecule has 1 N–H and O–H groups in total. The molecule has 1 saturated heterocycles. The lowest BCUT2D eigenvalue weighted by atomic mass is 9.89. The van der Waals surface area contributed by atoms with E-state index in [0.717, 1.165) is 45.0 Å². The molecular weight excluding hydrogens is 360 g/mol. The van der Waals surface area contributed by atoms with Crippen LogP contribution in [0.3, 0.4) is 0 Å². The molecule has 8 heteroatoms. The van der Waals surface area contributed by atoms with Crippen LogP contribution in [0.2, 0.25) is 0 Å². The molecule has 2 aromatic heterocycles. The summed E-state index contributed by atoms with van der Waals surface area (Å²) in [6, 6.07) is 4.44. The molecule has 27 heavy (non-hydrogen) atoms. The fourth-order valence-electron chi connectivity index (χ4n) is 4.18. The van der Waals surface area contributed by atoms with Crippen molar-refractivity contribution in [1.82, 2.24) is 29.9 Å². The number of carbonyl (C=O) groups excluding carboxylic acids is 1. The fraction of sp³-hybridized carbons (Fsp3) is 0.632. The van der Waals surface area contributed by atoms with Crippen LogP contribution in [0.4, 0.5) is 0 Å². The molecule has 4 heterocycles. The quantitative estimate of drug-likeness (QED) is 0.807. The van der Waals surface area contributed by atoms with E-state index >= 15 is 0 Å². The van der Waals surface area contributed by atoms with Gasteiger partial charge in [0.25, 0.3) is 5.91 Å². The summed E-state index contributed by atoms with van der Waals surface area (Å²) in [4.78, 5) is 19.9. The zero-order chi connectivity index (χ0) is 19.0. The van der Waals surface area contributed by atoms with Gasteiger partial charge < -0.3 is 14.8 Å². The molecule has 0 bridgehead atoms. The van der Waals surface area contributed by atoms with Crippen LogP contribution < -0.4 is 5.32 Å². The van der Waals surface area contributed by atoms with Crippen molar-refractivity contribution in [2.24, 2.45) is 11.8 Å². The SMILES string of the molecule is Cc1ccc(CN2C[C@@H]3Cn4c(nnc4C(=O)NCCN(C)C)C[C@H]3C2)s1. The van der Waals surface area contributed by atoms with Gasteiger partial charge in [-0.05, 0) is 45.0 Å². The van der Waals surface area contributed by atoms with Crippen molar-refractivity contribution in [2.45, 2.75) is 26.4 Å². The highest BCUT2D eigenvalue weighted by atomic mass is 32.1. The van der Waals surface area contributed by atoms with E-state index in [-0.39, 0.29) is 5.91 Å².